The molecule has 8 nitrogen and oxygen atoms in total. The third-order valence-electron chi connectivity index (χ3n) is 7.70. The van der Waals surface area contributed by atoms with Crippen molar-refractivity contribution in [2.45, 2.75) is 61.3 Å². The van der Waals surface area contributed by atoms with Gasteiger partial charge in [0.05, 0.1) is 20.8 Å². The summed E-state index contributed by atoms with van der Waals surface area (Å²) < 4.78 is 73.3. The molecule has 0 aliphatic heterocycles. The molecule has 0 saturated heterocycles. The maximum atomic E-state index is 13.8. The van der Waals surface area contributed by atoms with Gasteiger partial charge in [-0.25, -0.2) is 21.6 Å². The van der Waals surface area contributed by atoms with Gasteiger partial charge in [-0.3, -0.25) is 9.59 Å². The van der Waals surface area contributed by atoms with Crippen molar-refractivity contribution in [3.8, 4) is 0 Å². The number of halogens is 4. The highest BCUT2D eigenvalue weighted by Gasteiger charge is 2.54. The molecule has 0 radical (unpaired) electrons. The second-order valence-electron chi connectivity index (χ2n) is 11.0. The molecular weight excluding hydrogens is 573 g/mol. The van der Waals surface area contributed by atoms with E-state index in [1.807, 2.05) is 0 Å². The van der Waals surface area contributed by atoms with Crippen molar-refractivity contribution >= 4 is 39.0 Å². The number of rotatable bonds is 8. The number of fused-ring (bicyclic) bond motifs is 2. The smallest absolute Gasteiger partial charge is 0.323 e. The van der Waals surface area contributed by atoms with Crippen LogP contribution in [-0.4, -0.2) is 48.9 Å². The van der Waals surface area contributed by atoms with E-state index in [1.54, 1.807) is 13.8 Å². The van der Waals surface area contributed by atoms with Crippen LogP contribution in [0.25, 0.3) is 0 Å². The van der Waals surface area contributed by atoms with E-state index in [2.05, 4.69) is 5.32 Å². The first-order valence-corrected chi connectivity index (χ1v) is 14.7. The summed E-state index contributed by atoms with van der Waals surface area (Å²) in [6, 6.07) is 3.91. The number of aliphatic hydroxyl groups is 1. The summed E-state index contributed by atoms with van der Waals surface area (Å²) in [6.07, 6.45) is 1.21. The maximum absolute atomic E-state index is 13.8. The minimum absolute atomic E-state index is 0.0804. The van der Waals surface area contributed by atoms with E-state index < -0.39 is 67.9 Å². The molecule has 0 aromatic heterocycles. The van der Waals surface area contributed by atoms with Crippen molar-refractivity contribution in [3.05, 3.63) is 58.4 Å². The van der Waals surface area contributed by atoms with Gasteiger partial charge in [0.1, 0.15) is 12.6 Å². The fourth-order valence-corrected chi connectivity index (χ4v) is 8.52. The number of nitrogens with two attached hydrogens (primary N) is 1. The van der Waals surface area contributed by atoms with Gasteiger partial charge in [-0.15, -0.1) is 0 Å². The number of sulfone groups is 1. The lowest BCUT2D eigenvalue weighted by atomic mass is 9.77. The SMILES string of the molecule is CC(C)C(N)C(=O)OC[C@]1(O)CC2CC[C@@H](C1)C2S(=O)(=O)c1cc(C(=O)Nc2cc(F)c(F)c(F)c2)ccc1Cl. The van der Waals surface area contributed by atoms with Gasteiger partial charge in [0.15, 0.2) is 27.3 Å². The molecule has 2 aromatic carbocycles. The van der Waals surface area contributed by atoms with Crippen LogP contribution >= 0.6 is 11.6 Å². The van der Waals surface area contributed by atoms with E-state index in [-0.39, 0.29) is 46.5 Å². The highest BCUT2D eigenvalue weighted by Crippen LogP contribution is 2.51. The minimum Gasteiger partial charge on any atom is -0.461 e. The van der Waals surface area contributed by atoms with Crippen molar-refractivity contribution in [3.63, 3.8) is 0 Å². The molecule has 13 heteroatoms. The predicted molar refractivity (Wildman–Crippen MR) is 141 cm³/mol. The van der Waals surface area contributed by atoms with Gasteiger partial charge in [0, 0.05) is 23.4 Å². The Kier molecular flexibility index (Phi) is 8.56. The molecule has 4 N–H and O–H groups in total. The quantitative estimate of drug-likeness (QED) is 0.304. The Labute approximate surface area is 234 Å². The average molecular weight is 603 g/mol. The predicted octanol–water partition coefficient (Wildman–Crippen LogP) is 4.23. The number of benzene rings is 2. The lowest BCUT2D eigenvalue weighted by Gasteiger charge is -2.40. The third-order valence-corrected chi connectivity index (χ3v) is 10.6. The van der Waals surface area contributed by atoms with E-state index in [9.17, 15) is 36.3 Å². The second kappa shape index (κ2) is 11.3. The fraction of sp³-hybridized carbons (Fsp3) is 0.481. The molecule has 2 aliphatic carbocycles. The van der Waals surface area contributed by atoms with Crippen LogP contribution in [0.4, 0.5) is 18.9 Å². The number of ether oxygens (including phenoxy) is 1. The molecule has 1 amide bonds. The lowest BCUT2D eigenvalue weighted by molar-refractivity contribution is -0.157. The lowest BCUT2D eigenvalue weighted by Crippen LogP contribution is -2.49. The number of hydrogen-bond donors (Lipinski definition) is 3. The second-order valence-corrected chi connectivity index (χ2v) is 13.5. The molecule has 218 valence electrons. The van der Waals surface area contributed by atoms with Gasteiger partial charge in [-0.2, -0.15) is 0 Å². The molecule has 0 spiro atoms. The number of hydrogen-bond acceptors (Lipinski definition) is 7. The van der Waals surface area contributed by atoms with Gasteiger partial charge in [-0.05, 0) is 61.6 Å². The summed E-state index contributed by atoms with van der Waals surface area (Å²) in [7, 11) is -4.10. The highest BCUT2D eigenvalue weighted by atomic mass is 35.5. The molecule has 2 fully saturated rings. The van der Waals surface area contributed by atoms with Crippen LogP contribution in [0.2, 0.25) is 5.02 Å². The number of carbonyl (C=O) groups excluding carboxylic acids is 2. The zero-order valence-corrected chi connectivity index (χ0v) is 23.4. The van der Waals surface area contributed by atoms with Crippen molar-refractivity contribution in [2.75, 3.05) is 11.9 Å². The Morgan fingerprint density at radius 1 is 1.12 bits per heavy atom. The zero-order chi connectivity index (χ0) is 29.6. The Balaban J connectivity index is 1.53. The topological polar surface area (TPSA) is 136 Å². The van der Waals surface area contributed by atoms with Gasteiger partial charge < -0.3 is 20.9 Å². The summed E-state index contributed by atoms with van der Waals surface area (Å²) in [5.41, 5.74) is 3.89. The first-order valence-electron chi connectivity index (χ1n) is 12.8. The number of nitrogens with one attached hydrogen (secondary N) is 1. The molecule has 2 aliphatic rings. The molecule has 2 bridgehead atoms. The molecule has 0 heterocycles. The van der Waals surface area contributed by atoms with Crippen molar-refractivity contribution in [2.24, 2.45) is 23.5 Å². The third kappa shape index (κ3) is 6.00. The summed E-state index contributed by atoms with van der Waals surface area (Å²) in [5.74, 6) is -7.28. The number of amides is 1. The zero-order valence-electron chi connectivity index (χ0n) is 21.8. The Bertz CT molecular complexity index is 1400. The summed E-state index contributed by atoms with van der Waals surface area (Å²) in [4.78, 5) is 24.7. The number of anilines is 1. The number of esters is 1. The summed E-state index contributed by atoms with van der Waals surface area (Å²) in [6.45, 7) is 3.24. The molecule has 3 unspecified atom stereocenters. The van der Waals surface area contributed by atoms with Crippen LogP contribution in [0.3, 0.4) is 0 Å². The number of carbonyl (C=O) groups is 2. The van der Waals surface area contributed by atoms with E-state index in [4.69, 9.17) is 22.1 Å². The minimum atomic E-state index is -4.10. The van der Waals surface area contributed by atoms with E-state index in [0.29, 0.717) is 25.0 Å². The first kappa shape index (κ1) is 30.3. The molecule has 2 aromatic rings. The normalized spacial score (nSPS) is 25.1. The Morgan fingerprint density at radius 3 is 2.25 bits per heavy atom. The van der Waals surface area contributed by atoms with E-state index >= 15 is 0 Å². The fourth-order valence-electron chi connectivity index (χ4n) is 5.68. The van der Waals surface area contributed by atoms with Crippen molar-refractivity contribution < 1.29 is 41.0 Å². The standard InChI is InChI=1S/C27H30ClF3N2O6S/c1-13(2)23(32)26(35)39-12-27(36)10-15-3-4-16(11-27)24(15)40(37,38)21-7-14(5-6-18(21)28)25(34)33-17-8-19(29)22(31)20(30)9-17/h5-9,13,15-16,23-24,36H,3-4,10-12,32H2,1-2H3,(H,33,34)/t15-,16?,23?,24?,27+/m0/s1. The van der Waals surface area contributed by atoms with Gasteiger partial charge >= 0.3 is 5.97 Å². The highest BCUT2D eigenvalue weighted by molar-refractivity contribution is 7.92. The van der Waals surface area contributed by atoms with Crippen LogP contribution in [0.5, 0.6) is 0 Å². The molecule has 4 rings (SSSR count). The molecule has 40 heavy (non-hydrogen) atoms. The Hall–Kier alpha value is -2.67. The maximum Gasteiger partial charge on any atom is 0.323 e. The summed E-state index contributed by atoms with van der Waals surface area (Å²) >= 11 is 6.26. The van der Waals surface area contributed by atoms with Crippen LogP contribution in [0.15, 0.2) is 35.2 Å². The van der Waals surface area contributed by atoms with Crippen molar-refractivity contribution in [1.82, 2.24) is 0 Å². The van der Waals surface area contributed by atoms with E-state index in [0.717, 1.165) is 6.07 Å². The summed E-state index contributed by atoms with van der Waals surface area (Å²) in [5, 5.41) is 12.4. The van der Waals surface area contributed by atoms with Gasteiger partial charge in [-0.1, -0.05) is 25.4 Å². The monoisotopic (exact) mass is 602 g/mol. The molecule has 2 saturated carbocycles. The molecular formula is C27H30ClF3N2O6S. The van der Waals surface area contributed by atoms with E-state index in [1.165, 1.54) is 12.1 Å². The largest absolute Gasteiger partial charge is 0.461 e. The average Bonchev–Trinajstić information content (AvgIpc) is 3.18. The van der Waals surface area contributed by atoms with Gasteiger partial charge in [0.2, 0.25) is 0 Å². The van der Waals surface area contributed by atoms with Crippen LogP contribution in [0.1, 0.15) is 49.9 Å². The van der Waals surface area contributed by atoms with Crippen LogP contribution in [0, 0.1) is 35.2 Å². The van der Waals surface area contributed by atoms with Gasteiger partial charge in [0.25, 0.3) is 5.91 Å². The molecule has 5 atom stereocenters. The first-order chi connectivity index (χ1) is 18.6. The van der Waals surface area contributed by atoms with Crippen LogP contribution < -0.4 is 11.1 Å². The van der Waals surface area contributed by atoms with Crippen LogP contribution in [-0.2, 0) is 19.4 Å². The Morgan fingerprint density at radius 2 is 1.70 bits per heavy atom. The van der Waals surface area contributed by atoms with Crippen molar-refractivity contribution in [1.29, 1.82) is 0 Å².